The first-order valence-corrected chi connectivity index (χ1v) is 7.16. The van der Waals surface area contributed by atoms with Gasteiger partial charge in [0.05, 0.1) is 0 Å². The molecule has 0 unspecified atom stereocenters. The van der Waals surface area contributed by atoms with E-state index in [0.29, 0.717) is 5.54 Å². The van der Waals surface area contributed by atoms with Crippen molar-refractivity contribution >= 4 is 0 Å². The van der Waals surface area contributed by atoms with E-state index >= 15 is 0 Å². The van der Waals surface area contributed by atoms with Gasteiger partial charge in [-0.3, -0.25) is 4.90 Å². The Hall–Kier alpha value is -0.0800. The summed E-state index contributed by atoms with van der Waals surface area (Å²) in [5, 5.41) is 3.69. The lowest BCUT2D eigenvalue weighted by Gasteiger charge is -2.41. The van der Waals surface area contributed by atoms with E-state index in [1.54, 1.807) is 0 Å². The minimum absolute atomic E-state index is 0.303. The zero-order valence-electron chi connectivity index (χ0n) is 11.1. The predicted molar refractivity (Wildman–Crippen MR) is 69.8 cm³/mol. The molecule has 2 aliphatic rings. The van der Waals surface area contributed by atoms with Crippen LogP contribution in [0.2, 0.25) is 0 Å². The van der Waals surface area contributed by atoms with Crippen molar-refractivity contribution in [3.63, 3.8) is 0 Å². The summed E-state index contributed by atoms with van der Waals surface area (Å²) >= 11 is 0. The fourth-order valence-electron chi connectivity index (χ4n) is 3.27. The molecule has 1 heterocycles. The second kappa shape index (κ2) is 5.50. The second-order valence-corrected chi connectivity index (χ2v) is 6.28. The van der Waals surface area contributed by atoms with Crippen LogP contribution in [0.5, 0.6) is 0 Å². The van der Waals surface area contributed by atoms with Crippen molar-refractivity contribution in [1.29, 1.82) is 0 Å². The normalized spacial score (nSPS) is 29.6. The summed E-state index contributed by atoms with van der Waals surface area (Å²) in [5.74, 6) is 0. The first-order valence-electron chi connectivity index (χ1n) is 7.16. The molecule has 0 atom stereocenters. The molecule has 1 saturated heterocycles. The molecule has 1 aliphatic carbocycles. The molecular formula is C14H28N2. The summed E-state index contributed by atoms with van der Waals surface area (Å²) in [4.78, 5) is 2.77. The Morgan fingerprint density at radius 1 is 1.00 bits per heavy atom. The first-order chi connectivity index (χ1) is 7.67. The fraction of sp³-hybridized carbons (Fsp3) is 1.00. The Bertz CT molecular complexity index is 207. The highest BCUT2D eigenvalue weighted by molar-refractivity contribution is 4.87. The third-order valence-corrected chi connectivity index (χ3v) is 4.17. The maximum Gasteiger partial charge on any atom is 0.0252 e. The number of hydrogen-bond donors (Lipinski definition) is 1. The summed E-state index contributed by atoms with van der Waals surface area (Å²) in [6.07, 6.45) is 9.97. The van der Waals surface area contributed by atoms with Crippen molar-refractivity contribution in [2.75, 3.05) is 19.6 Å². The lowest BCUT2D eigenvalue weighted by Crippen LogP contribution is -2.54. The molecule has 0 amide bonds. The molecule has 2 nitrogen and oxygen atoms in total. The van der Waals surface area contributed by atoms with Crippen LogP contribution >= 0.6 is 0 Å². The van der Waals surface area contributed by atoms with Gasteiger partial charge in [-0.2, -0.15) is 0 Å². The van der Waals surface area contributed by atoms with Gasteiger partial charge in [-0.05, 0) is 52.6 Å². The Balaban J connectivity index is 1.94. The molecule has 94 valence electrons. The van der Waals surface area contributed by atoms with E-state index in [1.807, 2.05) is 0 Å². The molecule has 2 rings (SSSR count). The molecule has 16 heavy (non-hydrogen) atoms. The van der Waals surface area contributed by atoms with Gasteiger partial charge in [0, 0.05) is 18.1 Å². The van der Waals surface area contributed by atoms with E-state index in [-0.39, 0.29) is 0 Å². The smallest absolute Gasteiger partial charge is 0.0252 e. The lowest BCUT2D eigenvalue weighted by atomic mass is 9.92. The highest BCUT2D eigenvalue weighted by Gasteiger charge is 2.28. The third kappa shape index (κ3) is 3.46. The van der Waals surface area contributed by atoms with Gasteiger partial charge in [0.1, 0.15) is 0 Å². The molecule has 0 aromatic rings. The van der Waals surface area contributed by atoms with Crippen LogP contribution in [0.25, 0.3) is 0 Å². The van der Waals surface area contributed by atoms with Gasteiger partial charge in [-0.15, -0.1) is 0 Å². The van der Waals surface area contributed by atoms with Gasteiger partial charge in [0.25, 0.3) is 0 Å². The summed E-state index contributed by atoms with van der Waals surface area (Å²) in [6, 6.07) is 0.882. The monoisotopic (exact) mass is 224 g/mol. The summed E-state index contributed by atoms with van der Waals surface area (Å²) in [5.41, 5.74) is 0.303. The third-order valence-electron chi connectivity index (χ3n) is 4.17. The average molecular weight is 224 g/mol. The largest absolute Gasteiger partial charge is 0.311 e. The van der Waals surface area contributed by atoms with Crippen molar-refractivity contribution in [2.24, 2.45) is 0 Å². The molecule has 1 aliphatic heterocycles. The van der Waals surface area contributed by atoms with Crippen molar-refractivity contribution in [3.05, 3.63) is 0 Å². The molecule has 0 aromatic carbocycles. The van der Waals surface area contributed by atoms with Gasteiger partial charge >= 0.3 is 0 Å². The standard InChI is InChI=1S/C14H28N2/c1-14(2)12-16(11-7-6-10-15-14)13-8-4-3-5-9-13/h13,15H,3-12H2,1-2H3. The summed E-state index contributed by atoms with van der Waals surface area (Å²) < 4.78 is 0. The average Bonchev–Trinajstić information content (AvgIpc) is 2.25. The Morgan fingerprint density at radius 2 is 1.75 bits per heavy atom. The van der Waals surface area contributed by atoms with Crippen LogP contribution in [-0.2, 0) is 0 Å². The first kappa shape index (κ1) is 12.4. The minimum atomic E-state index is 0.303. The van der Waals surface area contributed by atoms with E-state index in [0.717, 1.165) is 6.04 Å². The second-order valence-electron chi connectivity index (χ2n) is 6.28. The number of hydrogen-bond acceptors (Lipinski definition) is 2. The van der Waals surface area contributed by atoms with Crippen LogP contribution in [0.4, 0.5) is 0 Å². The molecule has 0 aromatic heterocycles. The summed E-state index contributed by atoms with van der Waals surface area (Å²) in [6.45, 7) is 8.47. The van der Waals surface area contributed by atoms with E-state index in [1.165, 1.54) is 64.6 Å². The maximum atomic E-state index is 3.69. The van der Waals surface area contributed by atoms with E-state index in [9.17, 15) is 0 Å². The van der Waals surface area contributed by atoms with Crippen LogP contribution < -0.4 is 5.32 Å². The topological polar surface area (TPSA) is 15.3 Å². The highest BCUT2D eigenvalue weighted by Crippen LogP contribution is 2.25. The van der Waals surface area contributed by atoms with Gasteiger partial charge in [0.15, 0.2) is 0 Å². The molecule has 1 saturated carbocycles. The zero-order chi connectivity index (χ0) is 11.4. The molecule has 0 bridgehead atoms. The van der Waals surface area contributed by atoms with Crippen LogP contribution in [0.3, 0.4) is 0 Å². The molecule has 0 spiro atoms. The predicted octanol–water partition coefficient (Wildman–Crippen LogP) is 2.78. The Morgan fingerprint density at radius 3 is 2.50 bits per heavy atom. The SMILES string of the molecule is CC1(C)CN(C2CCCCC2)CCCCN1. The zero-order valence-corrected chi connectivity index (χ0v) is 11.1. The van der Waals surface area contributed by atoms with Gasteiger partial charge in [0.2, 0.25) is 0 Å². The lowest BCUT2D eigenvalue weighted by molar-refractivity contribution is 0.107. The molecule has 0 radical (unpaired) electrons. The van der Waals surface area contributed by atoms with Crippen LogP contribution in [0, 0.1) is 0 Å². The number of nitrogens with zero attached hydrogens (tertiary/aromatic N) is 1. The van der Waals surface area contributed by atoms with Crippen molar-refractivity contribution in [3.8, 4) is 0 Å². The summed E-state index contributed by atoms with van der Waals surface area (Å²) in [7, 11) is 0. The van der Waals surface area contributed by atoms with Gasteiger partial charge in [-0.1, -0.05) is 19.3 Å². The van der Waals surface area contributed by atoms with Crippen LogP contribution in [0.1, 0.15) is 58.8 Å². The van der Waals surface area contributed by atoms with Gasteiger partial charge < -0.3 is 5.32 Å². The van der Waals surface area contributed by atoms with E-state index in [2.05, 4.69) is 24.1 Å². The van der Waals surface area contributed by atoms with E-state index < -0.39 is 0 Å². The van der Waals surface area contributed by atoms with Crippen molar-refractivity contribution in [2.45, 2.75) is 70.4 Å². The number of nitrogens with one attached hydrogen (secondary N) is 1. The quantitative estimate of drug-likeness (QED) is 0.737. The molecule has 1 N–H and O–H groups in total. The van der Waals surface area contributed by atoms with Gasteiger partial charge in [-0.25, -0.2) is 0 Å². The highest BCUT2D eigenvalue weighted by atomic mass is 15.2. The van der Waals surface area contributed by atoms with Crippen LogP contribution in [0.15, 0.2) is 0 Å². The fourth-order valence-corrected chi connectivity index (χ4v) is 3.27. The Kier molecular flexibility index (Phi) is 4.26. The minimum Gasteiger partial charge on any atom is -0.311 e. The van der Waals surface area contributed by atoms with Crippen LogP contribution in [-0.4, -0.2) is 36.1 Å². The maximum absolute atomic E-state index is 3.69. The molecule has 2 fully saturated rings. The van der Waals surface area contributed by atoms with Crippen molar-refractivity contribution < 1.29 is 0 Å². The van der Waals surface area contributed by atoms with E-state index in [4.69, 9.17) is 0 Å². The molecular weight excluding hydrogens is 196 g/mol. The Labute approximate surface area is 101 Å². The number of rotatable bonds is 1. The molecule has 2 heteroatoms. The van der Waals surface area contributed by atoms with Crippen molar-refractivity contribution in [1.82, 2.24) is 10.2 Å².